The molecule has 2 aliphatic heterocycles. The maximum absolute atomic E-state index is 13.2. The number of carbonyl (C=O) groups excluding carboxylic acids is 4. The number of amides is 1. The number of nitrogens with one attached hydrogen (secondary N) is 1. The summed E-state index contributed by atoms with van der Waals surface area (Å²) in [6.07, 6.45) is 3.73. The summed E-state index contributed by atoms with van der Waals surface area (Å²) in [5, 5.41) is 2.95. The molecule has 2 aliphatic rings. The number of likely N-dealkylation sites (tertiary alicyclic amines) is 1. The molecule has 32 heavy (non-hydrogen) atoms. The number of carbonyl (C=O) groups is 4. The predicted octanol–water partition coefficient (Wildman–Crippen LogP) is 2.21. The van der Waals surface area contributed by atoms with Gasteiger partial charge in [0.2, 0.25) is 0 Å². The lowest BCUT2D eigenvalue weighted by molar-refractivity contribution is -0.157. The Bertz CT molecular complexity index is 775. The summed E-state index contributed by atoms with van der Waals surface area (Å²) in [6, 6.07) is 0.128. The van der Waals surface area contributed by atoms with Crippen molar-refractivity contribution in [2.24, 2.45) is 5.92 Å². The molecule has 1 N–H and O–H groups in total. The van der Waals surface area contributed by atoms with E-state index in [-0.39, 0.29) is 36.3 Å². The zero-order chi connectivity index (χ0) is 23.8. The number of esters is 3. The third-order valence-electron chi connectivity index (χ3n) is 5.74. The molecule has 0 aliphatic carbocycles. The van der Waals surface area contributed by atoms with Crippen LogP contribution >= 0.6 is 0 Å². The number of rotatable bonds is 8. The number of ether oxygens (including phenoxy) is 3. The Morgan fingerprint density at radius 2 is 1.47 bits per heavy atom. The fourth-order valence-corrected chi connectivity index (χ4v) is 4.24. The van der Waals surface area contributed by atoms with E-state index < -0.39 is 30.4 Å². The number of allylic oxidation sites excluding steroid dienone is 2. The van der Waals surface area contributed by atoms with Gasteiger partial charge in [0, 0.05) is 24.0 Å². The lowest BCUT2D eigenvalue weighted by Crippen LogP contribution is -2.46. The molecule has 1 amide bonds. The number of piperidine rings is 1. The normalized spacial score (nSPS) is 19.4. The summed E-state index contributed by atoms with van der Waals surface area (Å²) in [6.45, 7) is 8.91. The molecule has 0 saturated carbocycles. The van der Waals surface area contributed by atoms with Crippen molar-refractivity contribution in [3.63, 3.8) is 0 Å². The van der Waals surface area contributed by atoms with Gasteiger partial charge in [0.25, 0.3) is 5.91 Å². The Morgan fingerprint density at radius 1 is 0.906 bits per heavy atom. The van der Waals surface area contributed by atoms with Gasteiger partial charge in [-0.1, -0.05) is 6.92 Å². The molecule has 9 heteroatoms. The van der Waals surface area contributed by atoms with Crippen LogP contribution in [0.1, 0.15) is 60.3 Å². The number of hydrogen-bond acceptors (Lipinski definition) is 8. The molecule has 0 aromatic rings. The molecule has 0 unspecified atom stereocenters. The van der Waals surface area contributed by atoms with Crippen LogP contribution in [0.3, 0.4) is 0 Å². The van der Waals surface area contributed by atoms with Crippen molar-refractivity contribution in [1.82, 2.24) is 10.2 Å². The second-order valence-electron chi connectivity index (χ2n) is 7.83. The minimum absolute atomic E-state index is 0.0256. The van der Waals surface area contributed by atoms with Crippen molar-refractivity contribution in [3.05, 3.63) is 22.5 Å². The van der Waals surface area contributed by atoms with Crippen molar-refractivity contribution >= 4 is 23.8 Å². The molecular formula is C23H34N2O7. The minimum Gasteiger partial charge on any atom is -0.463 e. The first-order valence-corrected chi connectivity index (χ1v) is 11.3. The molecule has 178 valence electrons. The van der Waals surface area contributed by atoms with Gasteiger partial charge < -0.3 is 24.4 Å². The van der Waals surface area contributed by atoms with Gasteiger partial charge in [-0.25, -0.2) is 9.59 Å². The molecule has 1 saturated heterocycles. The second-order valence-corrected chi connectivity index (χ2v) is 7.83. The van der Waals surface area contributed by atoms with Crippen LogP contribution in [0, 0.1) is 5.92 Å². The van der Waals surface area contributed by atoms with Gasteiger partial charge in [0.1, 0.15) is 5.92 Å². The third kappa shape index (κ3) is 5.69. The Morgan fingerprint density at radius 3 is 1.97 bits per heavy atom. The van der Waals surface area contributed by atoms with Gasteiger partial charge in [0.15, 0.2) is 6.61 Å². The molecular weight excluding hydrogens is 416 g/mol. The van der Waals surface area contributed by atoms with Gasteiger partial charge in [-0.2, -0.15) is 0 Å². The van der Waals surface area contributed by atoms with Crippen LogP contribution in [0.25, 0.3) is 0 Å². The van der Waals surface area contributed by atoms with E-state index in [0.717, 1.165) is 25.7 Å². The van der Waals surface area contributed by atoms with E-state index in [1.807, 2.05) is 6.92 Å². The van der Waals surface area contributed by atoms with Crippen molar-refractivity contribution in [1.29, 1.82) is 0 Å². The fraction of sp³-hybridized carbons (Fsp3) is 0.652. The second kappa shape index (κ2) is 11.7. The van der Waals surface area contributed by atoms with Gasteiger partial charge in [-0.05, 0) is 53.4 Å². The molecule has 2 rings (SSSR count). The molecule has 0 aromatic carbocycles. The number of nitrogens with zero attached hydrogens (tertiary/aromatic N) is 1. The fourth-order valence-electron chi connectivity index (χ4n) is 4.24. The van der Waals surface area contributed by atoms with Gasteiger partial charge >= 0.3 is 17.9 Å². The van der Waals surface area contributed by atoms with E-state index in [1.165, 1.54) is 0 Å². The highest BCUT2D eigenvalue weighted by Gasteiger charge is 2.43. The van der Waals surface area contributed by atoms with Crippen LogP contribution in [0.5, 0.6) is 0 Å². The predicted molar refractivity (Wildman–Crippen MR) is 116 cm³/mol. The zero-order valence-corrected chi connectivity index (χ0v) is 19.6. The zero-order valence-electron chi connectivity index (χ0n) is 19.6. The summed E-state index contributed by atoms with van der Waals surface area (Å²) < 4.78 is 15.6. The van der Waals surface area contributed by atoms with Gasteiger partial charge in [0.05, 0.1) is 24.4 Å². The first kappa shape index (κ1) is 25.4. The highest BCUT2D eigenvalue weighted by atomic mass is 16.5. The average molecular weight is 451 g/mol. The topological polar surface area (TPSA) is 111 Å². The van der Waals surface area contributed by atoms with Crippen LogP contribution in [0.4, 0.5) is 0 Å². The summed E-state index contributed by atoms with van der Waals surface area (Å²) in [5.74, 6) is -3.96. The molecule has 0 spiro atoms. The molecule has 9 nitrogen and oxygen atoms in total. The van der Waals surface area contributed by atoms with Crippen LogP contribution < -0.4 is 5.32 Å². The Hall–Kier alpha value is -2.84. The summed E-state index contributed by atoms with van der Waals surface area (Å²) in [7, 11) is 0. The summed E-state index contributed by atoms with van der Waals surface area (Å²) in [5.41, 5.74) is 0.707. The summed E-state index contributed by atoms with van der Waals surface area (Å²) in [4.78, 5) is 53.0. The van der Waals surface area contributed by atoms with Crippen LogP contribution in [-0.4, -0.2) is 61.1 Å². The number of dihydropyridines is 1. The van der Waals surface area contributed by atoms with Crippen LogP contribution in [0.2, 0.25) is 0 Å². The Labute approximate surface area is 189 Å². The van der Waals surface area contributed by atoms with Crippen molar-refractivity contribution in [2.75, 3.05) is 26.4 Å². The molecule has 1 atom stereocenters. The maximum Gasteiger partial charge on any atom is 0.337 e. The van der Waals surface area contributed by atoms with Crippen molar-refractivity contribution in [3.8, 4) is 0 Å². The highest BCUT2D eigenvalue weighted by molar-refractivity contribution is 6.05. The Balaban J connectivity index is 2.28. The minimum atomic E-state index is -1.34. The maximum atomic E-state index is 13.2. The van der Waals surface area contributed by atoms with E-state index in [0.29, 0.717) is 17.9 Å². The van der Waals surface area contributed by atoms with E-state index in [4.69, 9.17) is 14.2 Å². The Kier molecular flexibility index (Phi) is 9.28. The highest BCUT2D eigenvalue weighted by Crippen LogP contribution is 2.32. The SMILES string of the molecule is CCOC(=O)C1=C(C)NC(C)=C(C(=O)OCC)C1C(=O)OCC(=O)N1CCCC[C@@H]1CC. The van der Waals surface area contributed by atoms with Crippen molar-refractivity contribution in [2.45, 2.75) is 66.3 Å². The molecule has 0 bridgehead atoms. The van der Waals surface area contributed by atoms with Gasteiger partial charge in [-0.3, -0.25) is 9.59 Å². The largest absolute Gasteiger partial charge is 0.463 e. The molecule has 0 radical (unpaired) electrons. The third-order valence-corrected chi connectivity index (χ3v) is 5.74. The monoisotopic (exact) mass is 450 g/mol. The quantitative estimate of drug-likeness (QED) is 0.443. The molecule has 0 aromatic heterocycles. The van der Waals surface area contributed by atoms with Gasteiger partial charge in [-0.15, -0.1) is 0 Å². The van der Waals surface area contributed by atoms with E-state index in [2.05, 4.69) is 5.32 Å². The van der Waals surface area contributed by atoms with Crippen LogP contribution in [-0.2, 0) is 33.4 Å². The van der Waals surface area contributed by atoms with Crippen molar-refractivity contribution < 1.29 is 33.4 Å². The smallest absolute Gasteiger partial charge is 0.337 e. The lowest BCUT2D eigenvalue weighted by atomic mass is 9.85. The summed E-state index contributed by atoms with van der Waals surface area (Å²) >= 11 is 0. The van der Waals surface area contributed by atoms with E-state index in [1.54, 1.807) is 32.6 Å². The molecule has 1 fully saturated rings. The first-order valence-electron chi connectivity index (χ1n) is 11.3. The first-order chi connectivity index (χ1) is 15.3. The van der Waals surface area contributed by atoms with Crippen LogP contribution in [0.15, 0.2) is 22.5 Å². The average Bonchev–Trinajstić information content (AvgIpc) is 2.76. The lowest BCUT2D eigenvalue weighted by Gasteiger charge is -2.35. The number of hydrogen-bond donors (Lipinski definition) is 1. The van der Waals surface area contributed by atoms with E-state index >= 15 is 0 Å². The molecule has 2 heterocycles. The van der Waals surface area contributed by atoms with E-state index in [9.17, 15) is 19.2 Å². The standard InChI is InChI=1S/C23H34N2O7/c1-6-16-11-9-10-12-25(16)17(26)13-32-23(29)20-18(21(27)30-7-2)14(4)24-15(5)19(20)22(28)31-8-3/h16,20,24H,6-13H2,1-5H3/t16-/m0/s1.